The molecule has 0 saturated heterocycles. The van der Waals surface area contributed by atoms with Gasteiger partial charge in [-0.1, -0.05) is 17.7 Å². The largest absolute Gasteiger partial charge is 0.416 e. The van der Waals surface area contributed by atoms with Crippen LogP contribution < -0.4 is 5.32 Å². The van der Waals surface area contributed by atoms with Gasteiger partial charge >= 0.3 is 6.18 Å². The number of hydrogen-bond acceptors (Lipinski definition) is 5. The molecule has 3 rings (SSSR count). The van der Waals surface area contributed by atoms with E-state index in [-0.39, 0.29) is 28.3 Å². The minimum atomic E-state index is -4.79. The van der Waals surface area contributed by atoms with Crippen LogP contribution in [0.25, 0.3) is 0 Å². The Morgan fingerprint density at radius 2 is 1.68 bits per heavy atom. The summed E-state index contributed by atoms with van der Waals surface area (Å²) < 4.78 is 104. The molecule has 0 radical (unpaired) electrons. The van der Waals surface area contributed by atoms with Crippen molar-refractivity contribution in [2.45, 2.75) is 52.7 Å². The molecule has 0 bridgehead atoms. The molecule has 0 aliphatic heterocycles. The zero-order valence-electron chi connectivity index (χ0n) is 17.7. The molecule has 1 fully saturated rings. The third-order valence-electron chi connectivity index (χ3n) is 5.61. The highest BCUT2D eigenvalue weighted by molar-refractivity contribution is 7.92. The van der Waals surface area contributed by atoms with E-state index in [1.807, 2.05) is 0 Å². The molecule has 2 aromatic carbocycles. The van der Waals surface area contributed by atoms with Crippen LogP contribution in [-0.4, -0.2) is 40.0 Å². The van der Waals surface area contributed by atoms with Crippen LogP contribution >= 0.6 is 11.6 Å². The van der Waals surface area contributed by atoms with E-state index in [4.69, 9.17) is 11.6 Å². The van der Waals surface area contributed by atoms with E-state index in [9.17, 15) is 34.8 Å². The standard InChI is InChI=1S/C21H20ClF4NO5S2/c1-33(29,30)18-12-14(22)5-6-17(18)19(28)27-15-7-9-20(23,10-8-15)34(31,32)16-4-2-3-13(11-16)21(24,25)26/h2-6,11-12,15H,7-10H2,1H3,(H,27,28). The number of rotatable bonds is 5. The van der Waals surface area contributed by atoms with Crippen molar-refractivity contribution in [3.63, 3.8) is 0 Å². The molecule has 0 aromatic heterocycles. The third-order valence-corrected chi connectivity index (χ3v) is 9.23. The molecule has 13 heteroatoms. The summed E-state index contributed by atoms with van der Waals surface area (Å²) in [4.78, 5) is 11.6. The van der Waals surface area contributed by atoms with Gasteiger partial charge in [-0.15, -0.1) is 0 Å². The predicted molar refractivity (Wildman–Crippen MR) is 117 cm³/mol. The molecule has 0 spiro atoms. The van der Waals surface area contributed by atoms with Gasteiger partial charge in [0, 0.05) is 17.3 Å². The fourth-order valence-electron chi connectivity index (χ4n) is 3.77. The van der Waals surface area contributed by atoms with Crippen molar-refractivity contribution >= 4 is 37.2 Å². The van der Waals surface area contributed by atoms with E-state index in [0.29, 0.717) is 12.1 Å². The SMILES string of the molecule is CS(=O)(=O)c1cc(Cl)ccc1C(=O)NC1CCC(F)(S(=O)(=O)c2cccc(C(F)(F)F)c2)CC1. The maximum Gasteiger partial charge on any atom is 0.416 e. The minimum absolute atomic E-state index is 0.108. The maximum absolute atomic E-state index is 15.5. The first-order valence-corrected chi connectivity index (χ1v) is 13.7. The second-order valence-electron chi connectivity index (χ2n) is 8.07. The second kappa shape index (κ2) is 9.12. The number of alkyl halides is 4. The quantitative estimate of drug-likeness (QED) is 0.559. The number of amides is 1. The summed E-state index contributed by atoms with van der Waals surface area (Å²) in [5.74, 6) is -0.755. The highest BCUT2D eigenvalue weighted by atomic mass is 35.5. The van der Waals surface area contributed by atoms with Crippen molar-refractivity contribution < 1.29 is 39.2 Å². The van der Waals surface area contributed by atoms with Gasteiger partial charge in [0.25, 0.3) is 5.91 Å². The van der Waals surface area contributed by atoms with Crippen LogP contribution in [0.2, 0.25) is 5.02 Å². The Kier molecular flexibility index (Phi) is 7.09. The molecular formula is C21H20ClF4NO5S2. The zero-order valence-corrected chi connectivity index (χ0v) is 20.1. The number of carbonyl (C=O) groups excluding carboxylic acids is 1. The van der Waals surface area contributed by atoms with Gasteiger partial charge in [-0.05, 0) is 62.1 Å². The van der Waals surface area contributed by atoms with Gasteiger partial charge in [0.1, 0.15) is 0 Å². The van der Waals surface area contributed by atoms with Crippen molar-refractivity contribution in [2.24, 2.45) is 0 Å². The molecule has 0 heterocycles. The number of hydrogen-bond donors (Lipinski definition) is 1. The van der Waals surface area contributed by atoms with Crippen LogP contribution in [0.3, 0.4) is 0 Å². The van der Waals surface area contributed by atoms with E-state index in [2.05, 4.69) is 5.32 Å². The normalized spacial score (nSPS) is 21.8. The molecule has 6 nitrogen and oxygen atoms in total. The molecule has 1 aliphatic rings. The van der Waals surface area contributed by atoms with E-state index in [1.165, 1.54) is 12.1 Å². The first-order valence-electron chi connectivity index (χ1n) is 9.96. The van der Waals surface area contributed by atoms with Crippen molar-refractivity contribution in [3.8, 4) is 0 Å². The lowest BCUT2D eigenvalue weighted by molar-refractivity contribution is -0.137. The van der Waals surface area contributed by atoms with Crippen molar-refractivity contribution in [1.82, 2.24) is 5.32 Å². The van der Waals surface area contributed by atoms with E-state index in [1.54, 1.807) is 0 Å². The summed E-state index contributed by atoms with van der Waals surface area (Å²) in [7, 11) is -8.54. The summed E-state index contributed by atoms with van der Waals surface area (Å²) >= 11 is 5.82. The van der Waals surface area contributed by atoms with Crippen LogP contribution in [0.1, 0.15) is 41.6 Å². The average Bonchev–Trinajstić information content (AvgIpc) is 2.74. The van der Waals surface area contributed by atoms with Gasteiger partial charge in [-0.25, -0.2) is 21.2 Å². The molecule has 2 aromatic rings. The monoisotopic (exact) mass is 541 g/mol. The van der Waals surface area contributed by atoms with Crippen LogP contribution in [0.5, 0.6) is 0 Å². The average molecular weight is 542 g/mol. The van der Waals surface area contributed by atoms with Crippen LogP contribution in [0, 0.1) is 0 Å². The first kappa shape index (κ1) is 26.4. The third kappa shape index (κ3) is 5.38. The van der Waals surface area contributed by atoms with Gasteiger partial charge in [0.05, 0.1) is 20.9 Å². The van der Waals surface area contributed by atoms with E-state index < -0.39 is 66.1 Å². The lowest BCUT2D eigenvalue weighted by atomic mass is 9.93. The molecule has 186 valence electrons. The van der Waals surface area contributed by atoms with Crippen molar-refractivity contribution in [3.05, 3.63) is 58.6 Å². The molecule has 1 amide bonds. The smallest absolute Gasteiger partial charge is 0.349 e. The van der Waals surface area contributed by atoms with Gasteiger partial charge in [-0.3, -0.25) is 4.79 Å². The fraction of sp³-hybridized carbons (Fsp3) is 0.381. The van der Waals surface area contributed by atoms with Crippen LogP contribution in [-0.2, 0) is 25.9 Å². The highest BCUT2D eigenvalue weighted by Gasteiger charge is 2.48. The van der Waals surface area contributed by atoms with Crippen LogP contribution in [0.15, 0.2) is 52.3 Å². The van der Waals surface area contributed by atoms with Crippen LogP contribution in [0.4, 0.5) is 17.6 Å². The van der Waals surface area contributed by atoms with Gasteiger partial charge < -0.3 is 5.32 Å². The molecule has 0 unspecified atom stereocenters. The Labute approximate surface area is 199 Å². The van der Waals surface area contributed by atoms with Crippen molar-refractivity contribution in [1.29, 1.82) is 0 Å². The number of carbonyl (C=O) groups is 1. The van der Waals surface area contributed by atoms with Gasteiger partial charge in [0.2, 0.25) is 14.8 Å². The Morgan fingerprint density at radius 3 is 2.24 bits per heavy atom. The van der Waals surface area contributed by atoms with E-state index in [0.717, 1.165) is 24.5 Å². The Balaban J connectivity index is 1.76. The number of sulfone groups is 2. The lowest BCUT2D eigenvalue weighted by Gasteiger charge is -2.34. The predicted octanol–water partition coefficient (Wildman–Crippen LogP) is 4.57. The number of nitrogens with one attached hydrogen (secondary N) is 1. The number of halogens is 5. The van der Waals surface area contributed by atoms with Crippen molar-refractivity contribution in [2.75, 3.05) is 6.26 Å². The summed E-state index contributed by atoms with van der Waals surface area (Å²) in [6.45, 7) is 0. The molecule has 34 heavy (non-hydrogen) atoms. The van der Waals surface area contributed by atoms with E-state index >= 15 is 4.39 Å². The summed E-state index contributed by atoms with van der Waals surface area (Å²) in [5.41, 5.74) is -1.37. The minimum Gasteiger partial charge on any atom is -0.349 e. The molecule has 1 saturated carbocycles. The topological polar surface area (TPSA) is 97.4 Å². The molecular weight excluding hydrogens is 522 g/mol. The molecule has 0 atom stereocenters. The summed E-state index contributed by atoms with van der Waals surface area (Å²) in [6, 6.07) is 5.92. The van der Waals surface area contributed by atoms with Gasteiger partial charge in [0.15, 0.2) is 9.84 Å². The summed E-state index contributed by atoms with van der Waals surface area (Å²) in [5, 5.41) is -0.132. The summed E-state index contributed by atoms with van der Waals surface area (Å²) in [6.07, 6.45) is -5.24. The Morgan fingerprint density at radius 1 is 1.06 bits per heavy atom. The fourth-order valence-corrected chi connectivity index (χ4v) is 6.64. The van der Waals surface area contributed by atoms with Gasteiger partial charge in [-0.2, -0.15) is 13.2 Å². The highest BCUT2D eigenvalue weighted by Crippen LogP contribution is 2.41. The molecule has 1 N–H and O–H groups in total. The lowest BCUT2D eigenvalue weighted by Crippen LogP contribution is -2.45. The maximum atomic E-state index is 15.5. The Bertz CT molecular complexity index is 1320. The first-order chi connectivity index (χ1) is 15.5. The number of benzene rings is 2. The Hall–Kier alpha value is -2.18. The molecule has 1 aliphatic carbocycles. The second-order valence-corrected chi connectivity index (χ2v) is 12.7. The zero-order chi connectivity index (χ0) is 25.5.